The topological polar surface area (TPSA) is 93.8 Å². The van der Waals surface area contributed by atoms with Crippen LogP contribution >= 0.6 is 0 Å². The molecule has 0 fully saturated rings. The average molecular weight is 346 g/mol. The van der Waals surface area contributed by atoms with Crippen molar-refractivity contribution in [2.45, 2.75) is 47.7 Å². The van der Waals surface area contributed by atoms with E-state index >= 15 is 0 Å². The summed E-state index contributed by atoms with van der Waals surface area (Å²) in [6.07, 6.45) is 3.21. The highest BCUT2D eigenvalue weighted by Crippen LogP contribution is 2.17. The molecule has 2 rings (SSSR count). The lowest BCUT2D eigenvalue weighted by Gasteiger charge is -2.08. The molecule has 0 saturated heterocycles. The first-order chi connectivity index (χ1) is 11.9. The number of nitrogens with one attached hydrogen (secondary N) is 2. The number of carbonyl (C=O) groups is 2. The molecule has 0 aliphatic carbocycles. The summed E-state index contributed by atoms with van der Waals surface area (Å²) in [6, 6.07) is 0. The van der Waals surface area contributed by atoms with Crippen molar-refractivity contribution < 1.29 is 9.59 Å². The highest BCUT2D eigenvalue weighted by atomic mass is 16.2. The van der Waals surface area contributed by atoms with Crippen LogP contribution in [0, 0.1) is 12.8 Å². The molecule has 8 nitrogen and oxygen atoms in total. The Balaban J connectivity index is 2.23. The minimum absolute atomic E-state index is 0.219. The van der Waals surface area contributed by atoms with E-state index in [1.54, 1.807) is 15.6 Å². The molecule has 136 valence electrons. The second kappa shape index (κ2) is 7.96. The Morgan fingerprint density at radius 1 is 1.20 bits per heavy atom. The molecule has 2 aromatic heterocycles. The molecule has 0 aliphatic heterocycles. The van der Waals surface area contributed by atoms with Gasteiger partial charge in [0.25, 0.3) is 11.8 Å². The van der Waals surface area contributed by atoms with Gasteiger partial charge >= 0.3 is 0 Å². The molecule has 0 bridgehead atoms. The normalized spacial score (nSPS) is 11.0. The van der Waals surface area contributed by atoms with E-state index in [0.717, 1.165) is 5.69 Å². The maximum atomic E-state index is 12.6. The number of rotatable bonds is 7. The third kappa shape index (κ3) is 4.26. The molecule has 25 heavy (non-hydrogen) atoms. The average Bonchev–Trinajstić information content (AvgIpc) is 3.15. The van der Waals surface area contributed by atoms with Crippen molar-refractivity contribution in [2.24, 2.45) is 5.92 Å². The van der Waals surface area contributed by atoms with E-state index < -0.39 is 0 Å². The van der Waals surface area contributed by atoms with Gasteiger partial charge in [0.2, 0.25) is 0 Å². The standard InChI is InChI=1S/C17H26N6O2/c1-6-22-10-14(15(21-22)17(25)18-8-11(3)4)20-16(24)13-9-19-23(7-2)12(13)5/h9-11H,6-8H2,1-5H3,(H,18,25)(H,20,24). The lowest BCUT2D eigenvalue weighted by atomic mass is 10.2. The predicted octanol–water partition coefficient (Wildman–Crippen LogP) is 2.07. The molecule has 0 unspecified atom stereocenters. The van der Waals surface area contributed by atoms with E-state index in [0.29, 0.717) is 36.8 Å². The van der Waals surface area contributed by atoms with Gasteiger partial charge in [-0.25, -0.2) is 0 Å². The molecule has 0 aliphatic rings. The highest BCUT2D eigenvalue weighted by molar-refractivity contribution is 6.08. The largest absolute Gasteiger partial charge is 0.350 e. The molecule has 2 aromatic rings. The van der Waals surface area contributed by atoms with E-state index in [-0.39, 0.29) is 17.5 Å². The fourth-order valence-electron chi connectivity index (χ4n) is 2.40. The van der Waals surface area contributed by atoms with Gasteiger partial charge in [0, 0.05) is 31.5 Å². The van der Waals surface area contributed by atoms with Crippen molar-refractivity contribution in [2.75, 3.05) is 11.9 Å². The van der Waals surface area contributed by atoms with Gasteiger partial charge in [-0.1, -0.05) is 13.8 Å². The molecule has 0 spiro atoms. The van der Waals surface area contributed by atoms with Crippen molar-refractivity contribution in [1.82, 2.24) is 24.9 Å². The van der Waals surface area contributed by atoms with E-state index in [4.69, 9.17) is 0 Å². The number of nitrogens with zero attached hydrogens (tertiary/aromatic N) is 4. The summed E-state index contributed by atoms with van der Waals surface area (Å²) in [5.41, 5.74) is 1.89. The van der Waals surface area contributed by atoms with Crippen LogP contribution in [-0.4, -0.2) is 37.9 Å². The van der Waals surface area contributed by atoms with Crippen molar-refractivity contribution >= 4 is 17.5 Å². The van der Waals surface area contributed by atoms with Crippen LogP contribution in [0.1, 0.15) is 54.2 Å². The third-order valence-electron chi connectivity index (χ3n) is 3.87. The molecular weight excluding hydrogens is 320 g/mol. The maximum Gasteiger partial charge on any atom is 0.273 e. The molecule has 0 aromatic carbocycles. The van der Waals surface area contributed by atoms with Crippen molar-refractivity contribution in [1.29, 1.82) is 0 Å². The highest BCUT2D eigenvalue weighted by Gasteiger charge is 2.21. The Morgan fingerprint density at radius 2 is 1.92 bits per heavy atom. The predicted molar refractivity (Wildman–Crippen MR) is 95.7 cm³/mol. The van der Waals surface area contributed by atoms with Crippen LogP contribution in [0.3, 0.4) is 0 Å². The van der Waals surface area contributed by atoms with Gasteiger partial charge in [0.1, 0.15) is 0 Å². The van der Waals surface area contributed by atoms with Crippen molar-refractivity contribution in [3.05, 3.63) is 29.3 Å². The zero-order valence-electron chi connectivity index (χ0n) is 15.5. The smallest absolute Gasteiger partial charge is 0.273 e. The Bertz CT molecular complexity index is 759. The van der Waals surface area contributed by atoms with Crippen molar-refractivity contribution in [3.63, 3.8) is 0 Å². The summed E-state index contributed by atoms with van der Waals surface area (Å²) < 4.78 is 3.38. The number of anilines is 1. The lowest BCUT2D eigenvalue weighted by Crippen LogP contribution is -2.28. The van der Waals surface area contributed by atoms with E-state index in [1.165, 1.54) is 6.20 Å². The monoisotopic (exact) mass is 346 g/mol. The van der Waals surface area contributed by atoms with Gasteiger partial charge in [-0.2, -0.15) is 10.2 Å². The van der Waals surface area contributed by atoms with Crippen LogP contribution in [0.5, 0.6) is 0 Å². The Kier molecular flexibility index (Phi) is 5.95. The summed E-state index contributed by atoms with van der Waals surface area (Å²) >= 11 is 0. The fourth-order valence-corrected chi connectivity index (χ4v) is 2.40. The van der Waals surface area contributed by atoms with Crippen LogP contribution in [0.15, 0.2) is 12.4 Å². The molecule has 0 radical (unpaired) electrons. The van der Waals surface area contributed by atoms with Gasteiger partial charge in [-0.15, -0.1) is 0 Å². The summed E-state index contributed by atoms with van der Waals surface area (Å²) in [5, 5.41) is 14.1. The third-order valence-corrected chi connectivity index (χ3v) is 3.87. The quantitative estimate of drug-likeness (QED) is 0.802. The van der Waals surface area contributed by atoms with Crippen LogP contribution in [-0.2, 0) is 13.1 Å². The zero-order valence-corrected chi connectivity index (χ0v) is 15.5. The van der Waals surface area contributed by atoms with Gasteiger partial charge in [0.15, 0.2) is 5.69 Å². The number of hydrogen-bond acceptors (Lipinski definition) is 4. The number of hydrogen-bond donors (Lipinski definition) is 2. The van der Waals surface area contributed by atoms with Gasteiger partial charge in [-0.3, -0.25) is 19.0 Å². The Hall–Kier alpha value is -2.64. The Morgan fingerprint density at radius 3 is 2.48 bits per heavy atom. The SMILES string of the molecule is CCn1cc(NC(=O)c2cnn(CC)c2C)c(C(=O)NCC(C)C)n1. The van der Waals surface area contributed by atoms with Crippen LogP contribution in [0.4, 0.5) is 5.69 Å². The zero-order chi connectivity index (χ0) is 18.6. The molecular formula is C17H26N6O2. The van der Waals surface area contributed by atoms with E-state index in [2.05, 4.69) is 20.8 Å². The second-order valence-corrected chi connectivity index (χ2v) is 6.26. The fraction of sp³-hybridized carbons (Fsp3) is 0.529. The van der Waals surface area contributed by atoms with Gasteiger partial charge in [-0.05, 0) is 26.7 Å². The molecule has 0 saturated carbocycles. The van der Waals surface area contributed by atoms with Crippen LogP contribution < -0.4 is 10.6 Å². The Labute approximate surface area is 147 Å². The minimum Gasteiger partial charge on any atom is -0.350 e. The van der Waals surface area contributed by atoms with Crippen molar-refractivity contribution in [3.8, 4) is 0 Å². The molecule has 8 heteroatoms. The number of aryl methyl sites for hydroxylation is 2. The van der Waals surface area contributed by atoms with Crippen LogP contribution in [0.25, 0.3) is 0 Å². The minimum atomic E-state index is -0.300. The summed E-state index contributed by atoms with van der Waals surface area (Å²) in [6.45, 7) is 11.6. The van der Waals surface area contributed by atoms with E-state index in [9.17, 15) is 9.59 Å². The summed E-state index contributed by atoms with van der Waals surface area (Å²) in [5.74, 6) is -0.263. The van der Waals surface area contributed by atoms with Gasteiger partial charge in [0.05, 0.1) is 17.4 Å². The summed E-state index contributed by atoms with van der Waals surface area (Å²) in [4.78, 5) is 24.9. The number of aromatic nitrogens is 4. The van der Waals surface area contributed by atoms with E-state index in [1.807, 2.05) is 34.6 Å². The van der Waals surface area contributed by atoms with Crippen LogP contribution in [0.2, 0.25) is 0 Å². The number of amides is 2. The first-order valence-corrected chi connectivity index (χ1v) is 8.56. The maximum absolute atomic E-state index is 12.6. The molecule has 0 atom stereocenters. The first kappa shape index (κ1) is 18.7. The molecule has 2 N–H and O–H groups in total. The molecule has 2 amide bonds. The lowest BCUT2D eigenvalue weighted by molar-refractivity contribution is 0.0944. The number of carbonyl (C=O) groups excluding carboxylic acids is 2. The first-order valence-electron chi connectivity index (χ1n) is 8.56. The van der Waals surface area contributed by atoms with Gasteiger partial charge < -0.3 is 10.6 Å². The second-order valence-electron chi connectivity index (χ2n) is 6.26. The molecule has 2 heterocycles. The summed E-state index contributed by atoms with van der Waals surface area (Å²) in [7, 11) is 0.